The van der Waals surface area contributed by atoms with E-state index in [9.17, 15) is 13.9 Å². The summed E-state index contributed by atoms with van der Waals surface area (Å²) in [7, 11) is 0. The molecule has 3 aliphatic heterocycles. The van der Waals surface area contributed by atoms with Gasteiger partial charge in [-0.3, -0.25) is 4.90 Å². The van der Waals surface area contributed by atoms with Crippen LogP contribution in [-0.4, -0.2) is 71.9 Å². The first-order chi connectivity index (χ1) is 21.9. The molecule has 0 spiro atoms. The molecular weight excluding hydrogens is 592 g/mol. The summed E-state index contributed by atoms with van der Waals surface area (Å²) >= 11 is 1.65. The second kappa shape index (κ2) is 16.6. The molecule has 7 atom stereocenters. The fourth-order valence-corrected chi connectivity index (χ4v) is 7.66. The normalized spacial score (nSPS) is 32.1. The number of ether oxygens (including phenoxy) is 3. The SMILES string of the molecule is C=C/C(=C\C=C\OC1CCN(C2CCC(C3C=C(F)C=CC3F)OC2)CC1)Cc1cc(C2CC(O)CC(SC)O2)ccc1CC. The first-order valence-corrected chi connectivity index (χ1v) is 17.8. The molecule has 5 rings (SSSR count). The zero-order valence-corrected chi connectivity index (χ0v) is 27.5. The van der Waals surface area contributed by atoms with Crippen LogP contribution in [0.15, 0.2) is 78.9 Å². The van der Waals surface area contributed by atoms with Gasteiger partial charge in [0, 0.05) is 37.9 Å². The third-order valence-electron chi connectivity index (χ3n) is 9.70. The van der Waals surface area contributed by atoms with E-state index in [2.05, 4.69) is 42.7 Å². The predicted octanol–water partition coefficient (Wildman–Crippen LogP) is 7.73. The number of halogens is 2. The van der Waals surface area contributed by atoms with Gasteiger partial charge in [-0.05, 0) is 91.3 Å². The van der Waals surface area contributed by atoms with Crippen LogP contribution in [0, 0.1) is 5.92 Å². The largest absolute Gasteiger partial charge is 0.498 e. The number of thioether (sulfide) groups is 1. The Kier molecular flexibility index (Phi) is 12.5. The summed E-state index contributed by atoms with van der Waals surface area (Å²) in [5.74, 6) is -0.907. The van der Waals surface area contributed by atoms with Crippen LogP contribution in [0.5, 0.6) is 0 Å². The standard InChI is InChI=1S/C37H49F2NO4S/c1-4-25(19-28-20-27(9-8-26(28)5-2)36-22-31(41)23-37(44-36)45-3)7-6-18-42-32-14-16-40(17-15-32)30-11-13-35(43-24-30)33-21-29(38)10-12-34(33)39/h4,6-10,12,18,20-21,30-37,41H,1,5,11,13-17,19,22-24H2,2-3H3/b18-6+,25-7+. The molecule has 0 aromatic heterocycles. The molecule has 3 fully saturated rings. The van der Waals surface area contributed by atoms with Crippen LogP contribution in [-0.2, 0) is 27.1 Å². The Morgan fingerprint density at radius 2 is 2.00 bits per heavy atom. The van der Waals surface area contributed by atoms with Crippen molar-refractivity contribution in [3.63, 3.8) is 0 Å². The van der Waals surface area contributed by atoms with Crippen LogP contribution in [0.3, 0.4) is 0 Å². The number of likely N-dealkylation sites (tertiary alicyclic amines) is 1. The van der Waals surface area contributed by atoms with Gasteiger partial charge in [-0.1, -0.05) is 43.9 Å². The van der Waals surface area contributed by atoms with Crippen LogP contribution < -0.4 is 0 Å². The fraction of sp³-hybridized carbons (Fsp3) is 0.568. The van der Waals surface area contributed by atoms with E-state index < -0.39 is 12.1 Å². The molecule has 5 nitrogen and oxygen atoms in total. The molecule has 3 saturated heterocycles. The summed E-state index contributed by atoms with van der Waals surface area (Å²) in [6.07, 6.45) is 18.5. The highest BCUT2D eigenvalue weighted by molar-refractivity contribution is 7.99. The van der Waals surface area contributed by atoms with Crippen LogP contribution >= 0.6 is 11.8 Å². The third-order valence-corrected chi connectivity index (χ3v) is 10.5. The first kappa shape index (κ1) is 34.1. The van der Waals surface area contributed by atoms with Gasteiger partial charge in [-0.15, -0.1) is 11.8 Å². The van der Waals surface area contributed by atoms with E-state index in [0.29, 0.717) is 25.5 Å². The van der Waals surface area contributed by atoms with Crippen molar-refractivity contribution < 1.29 is 28.1 Å². The van der Waals surface area contributed by atoms with Crippen molar-refractivity contribution in [2.24, 2.45) is 5.92 Å². The minimum atomic E-state index is -1.19. The molecule has 0 radical (unpaired) electrons. The van der Waals surface area contributed by atoms with E-state index in [1.54, 1.807) is 18.0 Å². The van der Waals surface area contributed by atoms with Gasteiger partial charge in [-0.25, -0.2) is 8.78 Å². The number of hydrogen-bond donors (Lipinski definition) is 1. The Morgan fingerprint density at radius 3 is 2.71 bits per heavy atom. The highest BCUT2D eigenvalue weighted by Crippen LogP contribution is 2.36. The molecule has 1 aromatic rings. The van der Waals surface area contributed by atoms with Gasteiger partial charge in [0.1, 0.15) is 23.5 Å². The second-order valence-corrected chi connectivity index (χ2v) is 13.7. The summed E-state index contributed by atoms with van der Waals surface area (Å²) < 4.78 is 46.4. The lowest BCUT2D eigenvalue weighted by Crippen LogP contribution is -2.49. The van der Waals surface area contributed by atoms with E-state index in [-0.39, 0.29) is 35.7 Å². The number of piperidine rings is 1. The molecule has 7 unspecified atom stereocenters. The minimum Gasteiger partial charge on any atom is -0.498 e. The maximum atomic E-state index is 14.3. The maximum Gasteiger partial charge on any atom is 0.127 e. The average Bonchev–Trinajstić information content (AvgIpc) is 3.07. The van der Waals surface area contributed by atoms with E-state index in [1.165, 1.54) is 29.4 Å². The van der Waals surface area contributed by atoms with E-state index in [1.807, 2.05) is 18.4 Å². The highest BCUT2D eigenvalue weighted by Gasteiger charge is 2.36. The van der Waals surface area contributed by atoms with Crippen molar-refractivity contribution >= 4 is 11.8 Å². The molecule has 4 aliphatic rings. The van der Waals surface area contributed by atoms with Crippen LogP contribution in [0.25, 0.3) is 0 Å². The molecule has 0 saturated carbocycles. The lowest BCUT2D eigenvalue weighted by molar-refractivity contribution is -0.0721. The molecule has 3 heterocycles. The Bertz CT molecular complexity index is 1250. The predicted molar refractivity (Wildman–Crippen MR) is 178 cm³/mol. The number of allylic oxidation sites excluding steroid dienone is 7. The number of aryl methyl sites for hydroxylation is 1. The van der Waals surface area contributed by atoms with Crippen LogP contribution in [0.2, 0.25) is 0 Å². The van der Waals surface area contributed by atoms with Gasteiger partial charge in [0.05, 0.1) is 31.2 Å². The molecule has 45 heavy (non-hydrogen) atoms. The lowest BCUT2D eigenvalue weighted by Gasteiger charge is -2.42. The Hall–Kier alpha value is -2.23. The zero-order valence-electron chi connectivity index (χ0n) is 26.7. The molecular formula is C37H49F2NO4S. The zero-order chi connectivity index (χ0) is 31.8. The van der Waals surface area contributed by atoms with Crippen LogP contribution in [0.4, 0.5) is 8.78 Å². The smallest absolute Gasteiger partial charge is 0.127 e. The molecule has 0 amide bonds. The number of hydrogen-bond acceptors (Lipinski definition) is 6. The average molecular weight is 642 g/mol. The van der Waals surface area contributed by atoms with E-state index in [0.717, 1.165) is 62.8 Å². The number of nitrogens with zero attached hydrogens (tertiary/aromatic N) is 1. The van der Waals surface area contributed by atoms with Crippen LogP contribution in [0.1, 0.15) is 68.2 Å². The quantitative estimate of drug-likeness (QED) is 0.197. The molecule has 1 aliphatic carbocycles. The summed E-state index contributed by atoms with van der Waals surface area (Å²) in [6, 6.07) is 6.89. The first-order valence-electron chi connectivity index (χ1n) is 16.5. The van der Waals surface area contributed by atoms with Gasteiger partial charge in [0.15, 0.2) is 0 Å². The molecule has 0 bridgehead atoms. The number of benzene rings is 1. The summed E-state index contributed by atoms with van der Waals surface area (Å²) in [5, 5.41) is 10.4. The maximum absolute atomic E-state index is 14.3. The van der Waals surface area contributed by atoms with Gasteiger partial charge < -0.3 is 19.3 Å². The Morgan fingerprint density at radius 1 is 1.18 bits per heavy atom. The van der Waals surface area contributed by atoms with Gasteiger partial charge >= 0.3 is 0 Å². The van der Waals surface area contributed by atoms with Gasteiger partial charge in [0.2, 0.25) is 0 Å². The summed E-state index contributed by atoms with van der Waals surface area (Å²) in [5.41, 5.74) is 4.81. The molecule has 1 N–H and O–H groups in total. The molecule has 8 heteroatoms. The van der Waals surface area contributed by atoms with Crippen molar-refractivity contribution in [3.8, 4) is 0 Å². The van der Waals surface area contributed by atoms with E-state index in [4.69, 9.17) is 14.2 Å². The van der Waals surface area contributed by atoms with Crippen molar-refractivity contribution in [1.29, 1.82) is 0 Å². The summed E-state index contributed by atoms with van der Waals surface area (Å²) in [4.78, 5) is 2.46. The van der Waals surface area contributed by atoms with Gasteiger partial charge in [0.25, 0.3) is 0 Å². The number of aliphatic hydroxyl groups is 1. The molecule has 246 valence electrons. The molecule has 1 aromatic carbocycles. The Labute approximate surface area is 272 Å². The third kappa shape index (κ3) is 9.19. The lowest BCUT2D eigenvalue weighted by atomic mass is 9.87. The highest BCUT2D eigenvalue weighted by atomic mass is 32.2. The Balaban J connectivity index is 1.08. The van der Waals surface area contributed by atoms with E-state index >= 15 is 0 Å². The summed E-state index contributed by atoms with van der Waals surface area (Å²) in [6.45, 7) is 8.66. The minimum absolute atomic E-state index is 0.0184. The van der Waals surface area contributed by atoms with Crippen molar-refractivity contribution in [2.45, 2.75) is 100 Å². The van der Waals surface area contributed by atoms with Gasteiger partial charge in [-0.2, -0.15) is 0 Å². The van der Waals surface area contributed by atoms with Crippen molar-refractivity contribution in [2.75, 3.05) is 26.0 Å². The van der Waals surface area contributed by atoms with Crippen molar-refractivity contribution in [3.05, 3.63) is 95.6 Å². The fourth-order valence-electron chi connectivity index (χ4n) is 7.00. The number of aliphatic hydroxyl groups excluding tert-OH is 1. The number of rotatable bonds is 11. The van der Waals surface area contributed by atoms with Crippen molar-refractivity contribution in [1.82, 2.24) is 4.90 Å². The monoisotopic (exact) mass is 641 g/mol. The second-order valence-electron chi connectivity index (χ2n) is 12.7. The topological polar surface area (TPSA) is 51.2 Å². The number of alkyl halides is 1.